The van der Waals surface area contributed by atoms with Crippen LogP contribution in [0.5, 0.6) is 0 Å². The van der Waals surface area contributed by atoms with Crippen molar-refractivity contribution in [3.8, 4) is 11.1 Å². The van der Waals surface area contributed by atoms with Crippen LogP contribution in [0.25, 0.3) is 11.1 Å². The molecule has 0 fully saturated rings. The quantitative estimate of drug-likeness (QED) is 0.807. The van der Waals surface area contributed by atoms with Gasteiger partial charge in [-0.15, -0.1) is 0 Å². The van der Waals surface area contributed by atoms with Gasteiger partial charge in [-0.2, -0.15) is 0 Å². The van der Waals surface area contributed by atoms with Crippen LogP contribution < -0.4 is 11.1 Å². The number of aromatic nitrogens is 1. The lowest BCUT2D eigenvalue weighted by Gasteiger charge is -2.09. The molecule has 0 spiro atoms. The summed E-state index contributed by atoms with van der Waals surface area (Å²) in [4.78, 5) is 4.40. The number of nitrogens with zero attached hydrogens (tertiary/aromatic N) is 1. The van der Waals surface area contributed by atoms with E-state index in [2.05, 4.69) is 30.2 Å². The second-order valence-corrected chi connectivity index (χ2v) is 4.83. The molecule has 0 radical (unpaired) electrons. The molecule has 0 atom stereocenters. The van der Waals surface area contributed by atoms with Gasteiger partial charge in [0.25, 0.3) is 0 Å². The topological polar surface area (TPSA) is 50.9 Å². The van der Waals surface area contributed by atoms with Crippen molar-refractivity contribution in [2.24, 2.45) is 5.92 Å². The van der Waals surface area contributed by atoms with Crippen LogP contribution in [0, 0.1) is 5.92 Å². The second-order valence-electron chi connectivity index (χ2n) is 4.83. The standard InChI is InChI=1S/C15H19N3/c1-11(2)9-17-15-7-6-13(10-18-15)12-4-3-5-14(16)8-12/h3-8,10-11H,9,16H2,1-2H3,(H,17,18). The van der Waals surface area contributed by atoms with E-state index in [0.717, 1.165) is 29.2 Å². The molecule has 0 amide bonds. The van der Waals surface area contributed by atoms with Crippen molar-refractivity contribution < 1.29 is 0 Å². The number of hydrogen-bond acceptors (Lipinski definition) is 3. The van der Waals surface area contributed by atoms with E-state index in [4.69, 9.17) is 5.73 Å². The molecule has 1 aromatic heterocycles. The Hall–Kier alpha value is -2.03. The molecule has 0 saturated carbocycles. The minimum absolute atomic E-state index is 0.611. The first-order valence-electron chi connectivity index (χ1n) is 6.21. The van der Waals surface area contributed by atoms with Gasteiger partial charge < -0.3 is 11.1 Å². The molecule has 0 unspecified atom stereocenters. The molecule has 3 heteroatoms. The summed E-state index contributed by atoms with van der Waals surface area (Å²) >= 11 is 0. The average Bonchev–Trinajstić information content (AvgIpc) is 2.37. The molecule has 0 aliphatic carbocycles. The number of nitrogens with one attached hydrogen (secondary N) is 1. The lowest BCUT2D eigenvalue weighted by atomic mass is 10.1. The number of benzene rings is 1. The normalized spacial score (nSPS) is 10.6. The highest BCUT2D eigenvalue weighted by Crippen LogP contribution is 2.21. The summed E-state index contributed by atoms with van der Waals surface area (Å²) < 4.78 is 0. The van der Waals surface area contributed by atoms with Crippen molar-refractivity contribution in [1.29, 1.82) is 0 Å². The van der Waals surface area contributed by atoms with Gasteiger partial charge in [0.05, 0.1) is 0 Å². The molecular weight excluding hydrogens is 222 g/mol. The van der Waals surface area contributed by atoms with Crippen LogP contribution >= 0.6 is 0 Å². The van der Waals surface area contributed by atoms with Gasteiger partial charge in [0.2, 0.25) is 0 Å². The van der Waals surface area contributed by atoms with Crippen LogP contribution in [0.1, 0.15) is 13.8 Å². The second kappa shape index (κ2) is 5.54. The molecule has 1 heterocycles. The first-order chi connectivity index (χ1) is 8.65. The monoisotopic (exact) mass is 241 g/mol. The zero-order chi connectivity index (χ0) is 13.0. The van der Waals surface area contributed by atoms with Crippen LogP contribution in [0.2, 0.25) is 0 Å². The fourth-order valence-corrected chi connectivity index (χ4v) is 1.70. The summed E-state index contributed by atoms with van der Waals surface area (Å²) in [7, 11) is 0. The SMILES string of the molecule is CC(C)CNc1ccc(-c2cccc(N)c2)cn1. The van der Waals surface area contributed by atoms with Crippen LogP contribution in [0.3, 0.4) is 0 Å². The van der Waals surface area contributed by atoms with E-state index < -0.39 is 0 Å². The van der Waals surface area contributed by atoms with Gasteiger partial charge in [-0.3, -0.25) is 0 Å². The number of pyridine rings is 1. The Balaban J connectivity index is 2.12. The van der Waals surface area contributed by atoms with Crippen molar-refractivity contribution in [1.82, 2.24) is 4.98 Å². The third-order valence-electron chi connectivity index (χ3n) is 2.67. The molecular formula is C15H19N3. The highest BCUT2D eigenvalue weighted by Gasteiger charge is 2.00. The molecule has 3 N–H and O–H groups in total. The summed E-state index contributed by atoms with van der Waals surface area (Å²) in [6.07, 6.45) is 1.87. The van der Waals surface area contributed by atoms with Crippen molar-refractivity contribution in [2.45, 2.75) is 13.8 Å². The Bertz CT molecular complexity index is 503. The lowest BCUT2D eigenvalue weighted by Crippen LogP contribution is -2.08. The van der Waals surface area contributed by atoms with E-state index in [1.165, 1.54) is 0 Å². The van der Waals surface area contributed by atoms with Crippen molar-refractivity contribution >= 4 is 11.5 Å². The molecule has 0 saturated heterocycles. The summed E-state index contributed by atoms with van der Waals surface area (Å²) in [5.74, 6) is 1.52. The summed E-state index contributed by atoms with van der Waals surface area (Å²) in [5, 5.41) is 3.30. The molecule has 0 aliphatic rings. The van der Waals surface area contributed by atoms with E-state index in [9.17, 15) is 0 Å². The highest BCUT2D eigenvalue weighted by molar-refractivity contribution is 5.67. The van der Waals surface area contributed by atoms with Crippen molar-refractivity contribution in [2.75, 3.05) is 17.6 Å². The maximum absolute atomic E-state index is 5.77. The Morgan fingerprint density at radius 1 is 1.17 bits per heavy atom. The zero-order valence-electron chi connectivity index (χ0n) is 10.9. The average molecular weight is 241 g/mol. The van der Waals surface area contributed by atoms with E-state index in [1.54, 1.807) is 0 Å². The predicted octanol–water partition coefficient (Wildman–Crippen LogP) is 3.40. The molecule has 3 nitrogen and oxygen atoms in total. The van der Waals surface area contributed by atoms with E-state index in [0.29, 0.717) is 5.92 Å². The summed E-state index contributed by atoms with van der Waals surface area (Å²) in [6.45, 7) is 5.28. The van der Waals surface area contributed by atoms with Gasteiger partial charge in [-0.05, 0) is 35.7 Å². The van der Waals surface area contributed by atoms with Gasteiger partial charge in [-0.25, -0.2) is 4.98 Å². The molecule has 0 bridgehead atoms. The Labute approximate surface area is 108 Å². The Morgan fingerprint density at radius 3 is 2.61 bits per heavy atom. The largest absolute Gasteiger partial charge is 0.399 e. The highest BCUT2D eigenvalue weighted by atomic mass is 15.0. The molecule has 18 heavy (non-hydrogen) atoms. The summed E-state index contributed by atoms with van der Waals surface area (Å²) in [5.41, 5.74) is 8.72. The van der Waals surface area contributed by atoms with Crippen molar-refractivity contribution in [3.05, 3.63) is 42.6 Å². The molecule has 1 aromatic carbocycles. The smallest absolute Gasteiger partial charge is 0.125 e. The number of nitrogens with two attached hydrogens (primary N) is 1. The van der Waals surface area contributed by atoms with Gasteiger partial charge in [0, 0.05) is 24.0 Å². The van der Waals surface area contributed by atoms with E-state index in [1.807, 2.05) is 36.5 Å². The lowest BCUT2D eigenvalue weighted by molar-refractivity contribution is 0.687. The predicted molar refractivity (Wildman–Crippen MR) is 77.4 cm³/mol. The number of anilines is 2. The minimum atomic E-state index is 0.611. The zero-order valence-corrected chi connectivity index (χ0v) is 10.9. The van der Waals surface area contributed by atoms with Gasteiger partial charge in [0.15, 0.2) is 0 Å². The number of nitrogen functional groups attached to an aromatic ring is 1. The minimum Gasteiger partial charge on any atom is -0.399 e. The maximum Gasteiger partial charge on any atom is 0.125 e. The Morgan fingerprint density at radius 2 is 2.00 bits per heavy atom. The van der Waals surface area contributed by atoms with Crippen molar-refractivity contribution in [3.63, 3.8) is 0 Å². The summed E-state index contributed by atoms with van der Waals surface area (Å²) in [6, 6.07) is 11.9. The molecule has 2 rings (SSSR count). The third kappa shape index (κ3) is 3.23. The molecule has 94 valence electrons. The van der Waals surface area contributed by atoms with Gasteiger partial charge in [-0.1, -0.05) is 26.0 Å². The third-order valence-corrected chi connectivity index (χ3v) is 2.67. The Kier molecular flexibility index (Phi) is 3.82. The molecule has 0 aliphatic heterocycles. The maximum atomic E-state index is 5.77. The number of rotatable bonds is 4. The first-order valence-corrected chi connectivity index (χ1v) is 6.21. The fourth-order valence-electron chi connectivity index (χ4n) is 1.70. The van der Waals surface area contributed by atoms with Crippen LogP contribution in [0.4, 0.5) is 11.5 Å². The number of hydrogen-bond donors (Lipinski definition) is 2. The van der Waals surface area contributed by atoms with E-state index >= 15 is 0 Å². The van der Waals surface area contributed by atoms with E-state index in [-0.39, 0.29) is 0 Å². The first kappa shape index (κ1) is 12.4. The van der Waals surface area contributed by atoms with Gasteiger partial charge >= 0.3 is 0 Å². The van der Waals surface area contributed by atoms with Crippen LogP contribution in [0.15, 0.2) is 42.6 Å². The van der Waals surface area contributed by atoms with Gasteiger partial charge in [0.1, 0.15) is 5.82 Å². The van der Waals surface area contributed by atoms with Crippen LogP contribution in [-0.2, 0) is 0 Å². The van der Waals surface area contributed by atoms with Crippen LogP contribution in [-0.4, -0.2) is 11.5 Å². The molecule has 2 aromatic rings. The fraction of sp³-hybridized carbons (Fsp3) is 0.267.